The maximum absolute atomic E-state index is 11.8. The highest BCUT2D eigenvalue weighted by atomic mass is 16.1. The fourth-order valence-corrected chi connectivity index (χ4v) is 1.94. The number of hydrogen-bond acceptors (Lipinski definition) is 2. The Morgan fingerprint density at radius 2 is 1.38 bits per heavy atom. The Morgan fingerprint density at radius 1 is 0.750 bits per heavy atom. The molecule has 3 aromatic rings. The van der Waals surface area contributed by atoms with Gasteiger partial charge in [0.15, 0.2) is 0 Å². The first-order valence-electron chi connectivity index (χ1n) is 5.13. The van der Waals surface area contributed by atoms with Crippen molar-refractivity contribution in [2.45, 2.75) is 0 Å². The van der Waals surface area contributed by atoms with Gasteiger partial charge in [0.1, 0.15) is 0 Å². The van der Waals surface area contributed by atoms with E-state index in [0.717, 1.165) is 21.7 Å². The minimum Gasteiger partial charge on any atom is -0.288 e. The minimum absolute atomic E-state index is 0.0354. The highest BCUT2D eigenvalue weighted by Crippen LogP contribution is 2.19. The zero-order valence-corrected chi connectivity index (χ0v) is 8.55. The highest BCUT2D eigenvalue weighted by Gasteiger charge is 2.00. The van der Waals surface area contributed by atoms with E-state index in [1.807, 2.05) is 48.5 Å². The number of para-hydroxylation sites is 1. The topological polar surface area (TPSA) is 30.0 Å². The molecule has 0 amide bonds. The zero-order chi connectivity index (χ0) is 11.0. The fourth-order valence-electron chi connectivity index (χ4n) is 1.94. The Balaban J connectivity index is 2.74. The molecule has 76 valence electrons. The summed E-state index contributed by atoms with van der Waals surface area (Å²) in [7, 11) is 0. The summed E-state index contributed by atoms with van der Waals surface area (Å²) >= 11 is 0. The minimum atomic E-state index is -0.0354. The largest absolute Gasteiger partial charge is 0.288 e. The van der Waals surface area contributed by atoms with Crippen LogP contribution in [0.4, 0.5) is 0 Å². The highest BCUT2D eigenvalue weighted by molar-refractivity contribution is 6.04. The quantitative estimate of drug-likeness (QED) is 0.567. The standard InChI is InChI=1S/C14H9NO/c16-14-9-15-13-8-4-3-6-11(13)10-5-1-2-7-12(10)14/h1-9H. The Kier molecular flexibility index (Phi) is 1.93. The molecule has 16 heavy (non-hydrogen) atoms. The third kappa shape index (κ3) is 1.27. The number of rotatable bonds is 0. The van der Waals surface area contributed by atoms with Gasteiger partial charge >= 0.3 is 0 Å². The summed E-state index contributed by atoms with van der Waals surface area (Å²) < 4.78 is 0. The third-order valence-corrected chi connectivity index (χ3v) is 2.71. The average molecular weight is 207 g/mol. The van der Waals surface area contributed by atoms with Gasteiger partial charge in [0.05, 0.1) is 11.7 Å². The molecule has 0 unspecified atom stereocenters. The Bertz CT molecular complexity index is 734. The van der Waals surface area contributed by atoms with Gasteiger partial charge in [0.25, 0.3) is 0 Å². The molecule has 0 aliphatic heterocycles. The van der Waals surface area contributed by atoms with Crippen molar-refractivity contribution in [1.29, 1.82) is 0 Å². The first kappa shape index (κ1) is 9.04. The van der Waals surface area contributed by atoms with Gasteiger partial charge in [-0.3, -0.25) is 9.78 Å². The molecule has 1 aromatic heterocycles. The molecule has 2 aromatic carbocycles. The van der Waals surface area contributed by atoms with Crippen molar-refractivity contribution in [1.82, 2.24) is 4.98 Å². The Hall–Kier alpha value is -2.22. The Morgan fingerprint density at radius 3 is 2.19 bits per heavy atom. The van der Waals surface area contributed by atoms with Gasteiger partial charge in [0, 0.05) is 10.8 Å². The van der Waals surface area contributed by atoms with E-state index in [0.29, 0.717) is 0 Å². The van der Waals surface area contributed by atoms with Crippen molar-refractivity contribution < 1.29 is 0 Å². The van der Waals surface area contributed by atoms with Crippen LogP contribution < -0.4 is 5.43 Å². The lowest BCUT2D eigenvalue weighted by Crippen LogP contribution is -1.94. The van der Waals surface area contributed by atoms with E-state index in [1.54, 1.807) is 0 Å². The van der Waals surface area contributed by atoms with Crippen LogP contribution in [0.1, 0.15) is 0 Å². The molecule has 0 aliphatic carbocycles. The van der Waals surface area contributed by atoms with Gasteiger partial charge < -0.3 is 0 Å². The maximum Gasteiger partial charge on any atom is 0.204 e. The van der Waals surface area contributed by atoms with Gasteiger partial charge in [-0.15, -0.1) is 0 Å². The second kappa shape index (κ2) is 3.42. The molecule has 0 fully saturated rings. The van der Waals surface area contributed by atoms with Crippen LogP contribution in [-0.2, 0) is 0 Å². The van der Waals surface area contributed by atoms with E-state index in [9.17, 15) is 4.79 Å². The third-order valence-electron chi connectivity index (χ3n) is 2.71. The molecule has 1 heterocycles. The number of aromatic nitrogens is 1. The molecule has 3 rings (SSSR count). The summed E-state index contributed by atoms with van der Waals surface area (Å²) in [6, 6.07) is 15.4. The van der Waals surface area contributed by atoms with Gasteiger partial charge in [-0.1, -0.05) is 42.5 Å². The molecule has 0 aliphatic rings. The van der Waals surface area contributed by atoms with Crippen LogP contribution in [0.3, 0.4) is 0 Å². The van der Waals surface area contributed by atoms with E-state index in [4.69, 9.17) is 0 Å². The second-order valence-electron chi connectivity index (χ2n) is 3.69. The summed E-state index contributed by atoms with van der Waals surface area (Å²) in [5.74, 6) is 0. The summed E-state index contributed by atoms with van der Waals surface area (Å²) in [5, 5.41) is 2.69. The summed E-state index contributed by atoms with van der Waals surface area (Å²) in [6.07, 6.45) is 1.39. The van der Waals surface area contributed by atoms with Crippen LogP contribution in [0.15, 0.2) is 59.5 Å². The van der Waals surface area contributed by atoms with E-state index >= 15 is 0 Å². The predicted molar refractivity (Wildman–Crippen MR) is 65.5 cm³/mol. The molecule has 0 saturated heterocycles. The molecule has 0 saturated carbocycles. The van der Waals surface area contributed by atoms with Crippen LogP contribution in [0.25, 0.3) is 21.7 Å². The fraction of sp³-hybridized carbons (Fsp3) is 0. The number of nitrogens with zero attached hydrogens (tertiary/aromatic N) is 1. The van der Waals surface area contributed by atoms with Gasteiger partial charge in [-0.25, -0.2) is 0 Å². The van der Waals surface area contributed by atoms with Crippen LogP contribution in [0.2, 0.25) is 0 Å². The van der Waals surface area contributed by atoms with Crippen molar-refractivity contribution in [3.63, 3.8) is 0 Å². The summed E-state index contributed by atoms with van der Waals surface area (Å²) in [5.41, 5.74) is 0.813. The van der Waals surface area contributed by atoms with Crippen molar-refractivity contribution in [3.05, 3.63) is 65.0 Å². The van der Waals surface area contributed by atoms with E-state index in [2.05, 4.69) is 4.98 Å². The molecular weight excluding hydrogens is 198 g/mol. The van der Waals surface area contributed by atoms with Crippen molar-refractivity contribution in [2.75, 3.05) is 0 Å². The van der Waals surface area contributed by atoms with Crippen LogP contribution >= 0.6 is 0 Å². The molecule has 0 spiro atoms. The second-order valence-corrected chi connectivity index (χ2v) is 3.69. The average Bonchev–Trinajstić information content (AvgIpc) is 2.49. The van der Waals surface area contributed by atoms with Crippen molar-refractivity contribution in [2.24, 2.45) is 0 Å². The lowest BCUT2D eigenvalue weighted by molar-refractivity contribution is 1.41. The number of hydrogen-bond donors (Lipinski definition) is 0. The Labute approximate surface area is 92.2 Å². The van der Waals surface area contributed by atoms with Crippen LogP contribution in [-0.4, -0.2) is 4.98 Å². The molecule has 2 heteroatoms. The molecule has 0 radical (unpaired) electrons. The van der Waals surface area contributed by atoms with E-state index in [-0.39, 0.29) is 5.43 Å². The van der Waals surface area contributed by atoms with Crippen LogP contribution in [0.5, 0.6) is 0 Å². The number of fused-ring (bicyclic) bond motifs is 3. The summed E-state index contributed by atoms with van der Waals surface area (Å²) in [6.45, 7) is 0. The molecule has 2 nitrogen and oxygen atoms in total. The first-order valence-corrected chi connectivity index (χ1v) is 5.13. The lowest BCUT2D eigenvalue weighted by Gasteiger charge is -1.94. The van der Waals surface area contributed by atoms with E-state index in [1.165, 1.54) is 6.20 Å². The first-order chi connectivity index (χ1) is 7.86. The lowest BCUT2D eigenvalue weighted by atomic mass is 10.1. The maximum atomic E-state index is 11.8. The normalized spacial score (nSPS) is 10.8. The van der Waals surface area contributed by atoms with Crippen LogP contribution in [0, 0.1) is 0 Å². The molecule has 0 bridgehead atoms. The van der Waals surface area contributed by atoms with Gasteiger partial charge in [-0.05, 0) is 11.5 Å². The smallest absolute Gasteiger partial charge is 0.204 e. The molecule has 0 N–H and O–H groups in total. The summed E-state index contributed by atoms with van der Waals surface area (Å²) in [4.78, 5) is 16.0. The molecule has 0 atom stereocenters. The van der Waals surface area contributed by atoms with Crippen molar-refractivity contribution in [3.8, 4) is 0 Å². The van der Waals surface area contributed by atoms with Crippen molar-refractivity contribution >= 4 is 21.7 Å². The van der Waals surface area contributed by atoms with E-state index < -0.39 is 0 Å². The predicted octanol–water partition coefficient (Wildman–Crippen LogP) is 2.75. The number of benzene rings is 2. The SMILES string of the molecule is O=c1cnc2ccccc2c2ccccc12. The van der Waals surface area contributed by atoms with Gasteiger partial charge in [0.2, 0.25) is 5.43 Å². The zero-order valence-electron chi connectivity index (χ0n) is 8.55. The monoisotopic (exact) mass is 207 g/mol. The van der Waals surface area contributed by atoms with Gasteiger partial charge in [-0.2, -0.15) is 0 Å². The molecular formula is C14H9NO.